The number of nitrogens with one attached hydrogen (secondary N) is 2. The van der Waals surface area contributed by atoms with Gasteiger partial charge >= 0.3 is 0 Å². The lowest BCUT2D eigenvalue weighted by Crippen LogP contribution is -2.44. The minimum absolute atomic E-state index is 0.351. The zero-order chi connectivity index (χ0) is 18.4. The molecule has 6 nitrogen and oxygen atoms in total. The Hall–Kier alpha value is -2.28. The largest absolute Gasteiger partial charge is 0.481 e. The van der Waals surface area contributed by atoms with E-state index >= 15 is 0 Å². The number of hydrogen-bond donors (Lipinski definition) is 2. The van der Waals surface area contributed by atoms with Gasteiger partial charge in [-0.15, -0.1) is 0 Å². The molecule has 2 N–H and O–H groups in total. The molecular formula is C19H24BrN5O. The minimum atomic E-state index is 0.351. The number of hydrogen-bond acceptors (Lipinski definition) is 4. The summed E-state index contributed by atoms with van der Waals surface area (Å²) < 4.78 is 6.43. The second kappa shape index (κ2) is 8.89. The highest BCUT2D eigenvalue weighted by Gasteiger charge is 2.24. The van der Waals surface area contributed by atoms with Gasteiger partial charge in [-0.2, -0.15) is 0 Å². The lowest BCUT2D eigenvalue weighted by molar-refractivity contribution is 0.392. The number of ether oxygens (including phenoxy) is 1. The number of methoxy groups -OCH3 is 1. The van der Waals surface area contributed by atoms with E-state index in [4.69, 9.17) is 4.74 Å². The van der Waals surface area contributed by atoms with Crippen LogP contribution in [0.2, 0.25) is 0 Å². The maximum atomic E-state index is 5.30. The van der Waals surface area contributed by atoms with Crippen LogP contribution in [0.5, 0.6) is 5.88 Å². The molecule has 1 aromatic heterocycles. The summed E-state index contributed by atoms with van der Waals surface area (Å²) in [5, 5.41) is 6.86. The first-order chi connectivity index (χ1) is 12.7. The molecule has 1 aliphatic rings. The Balaban J connectivity index is 1.55. The fraction of sp³-hybridized carbons (Fsp3) is 0.368. The zero-order valence-corrected chi connectivity index (χ0v) is 16.7. The molecule has 2 aromatic rings. The summed E-state index contributed by atoms with van der Waals surface area (Å²) in [7, 11) is 3.42. The van der Waals surface area contributed by atoms with Crippen LogP contribution in [0.4, 0.5) is 5.69 Å². The Bertz CT molecular complexity index is 767. The van der Waals surface area contributed by atoms with Crippen molar-refractivity contribution in [3.8, 4) is 5.88 Å². The van der Waals surface area contributed by atoms with Gasteiger partial charge in [-0.1, -0.05) is 18.2 Å². The minimum Gasteiger partial charge on any atom is -0.481 e. The molecule has 2 heterocycles. The molecule has 7 heteroatoms. The van der Waals surface area contributed by atoms with Gasteiger partial charge in [0.05, 0.1) is 12.8 Å². The summed E-state index contributed by atoms with van der Waals surface area (Å²) in [5.74, 6) is 1.42. The van der Waals surface area contributed by atoms with Crippen LogP contribution in [-0.4, -0.2) is 44.2 Å². The van der Waals surface area contributed by atoms with Gasteiger partial charge in [0.25, 0.3) is 0 Å². The Morgan fingerprint density at radius 3 is 2.96 bits per heavy atom. The van der Waals surface area contributed by atoms with Crippen LogP contribution in [0.25, 0.3) is 0 Å². The zero-order valence-electron chi connectivity index (χ0n) is 15.1. The van der Waals surface area contributed by atoms with Crippen molar-refractivity contribution in [3.63, 3.8) is 0 Å². The van der Waals surface area contributed by atoms with E-state index in [1.165, 1.54) is 5.69 Å². The highest BCUT2D eigenvalue weighted by atomic mass is 79.9. The Kier molecular flexibility index (Phi) is 6.33. The van der Waals surface area contributed by atoms with E-state index < -0.39 is 0 Å². The quantitative estimate of drug-likeness (QED) is 0.578. The van der Waals surface area contributed by atoms with E-state index in [-0.39, 0.29) is 0 Å². The molecule has 1 fully saturated rings. The normalized spacial score (nSPS) is 17.3. The van der Waals surface area contributed by atoms with Crippen molar-refractivity contribution in [1.82, 2.24) is 15.6 Å². The number of aliphatic imine (C=N–C) groups is 1. The van der Waals surface area contributed by atoms with Crippen molar-refractivity contribution >= 4 is 27.6 Å². The average molecular weight is 418 g/mol. The van der Waals surface area contributed by atoms with E-state index in [0.29, 0.717) is 18.5 Å². The van der Waals surface area contributed by atoms with Crippen molar-refractivity contribution in [2.45, 2.75) is 19.0 Å². The Morgan fingerprint density at radius 2 is 2.19 bits per heavy atom. The predicted octanol–water partition coefficient (Wildman–Crippen LogP) is 2.80. The highest BCUT2D eigenvalue weighted by Crippen LogP contribution is 2.28. The first-order valence-electron chi connectivity index (χ1n) is 8.66. The molecule has 1 aliphatic heterocycles. The molecule has 1 unspecified atom stereocenters. The number of benzene rings is 1. The van der Waals surface area contributed by atoms with Crippen LogP contribution in [0.15, 0.2) is 52.1 Å². The van der Waals surface area contributed by atoms with E-state index in [1.807, 2.05) is 18.2 Å². The van der Waals surface area contributed by atoms with Gasteiger partial charge in [0.2, 0.25) is 5.88 Å². The fourth-order valence-corrected chi connectivity index (χ4v) is 3.65. The van der Waals surface area contributed by atoms with Gasteiger partial charge in [-0.25, -0.2) is 4.98 Å². The summed E-state index contributed by atoms with van der Waals surface area (Å²) in [6.45, 7) is 2.57. The highest BCUT2D eigenvalue weighted by molar-refractivity contribution is 9.10. The van der Waals surface area contributed by atoms with Crippen molar-refractivity contribution in [2.24, 2.45) is 4.99 Å². The van der Waals surface area contributed by atoms with Crippen LogP contribution >= 0.6 is 15.9 Å². The second-order valence-electron chi connectivity index (χ2n) is 6.12. The SMILES string of the molecule is CN=C(NCc1cccnc1OC)NC1CCN(c2ccccc2Br)C1. The van der Waals surface area contributed by atoms with Gasteiger partial charge in [-0.05, 0) is 40.5 Å². The molecule has 0 bridgehead atoms. The van der Waals surface area contributed by atoms with Gasteiger partial charge in [0.1, 0.15) is 0 Å². The number of rotatable bonds is 5. The molecule has 0 radical (unpaired) electrons. The molecular weight excluding hydrogens is 394 g/mol. The number of pyridine rings is 1. The number of para-hydroxylation sites is 1. The van der Waals surface area contributed by atoms with Crippen molar-refractivity contribution < 1.29 is 4.74 Å². The number of halogens is 1. The lowest BCUT2D eigenvalue weighted by atomic mass is 10.2. The third kappa shape index (κ3) is 4.46. The van der Waals surface area contributed by atoms with Gasteiger partial charge in [0, 0.05) is 49.0 Å². The summed E-state index contributed by atoms with van der Waals surface area (Å²) >= 11 is 3.64. The standard InChI is InChI=1S/C19H24BrN5O/c1-21-19(23-12-14-6-5-10-22-18(14)26-2)24-15-9-11-25(13-15)17-8-4-3-7-16(17)20/h3-8,10,15H,9,11-13H2,1-2H3,(H2,21,23,24). The second-order valence-corrected chi connectivity index (χ2v) is 6.98. The molecule has 1 saturated heterocycles. The first kappa shape index (κ1) is 18.5. The lowest BCUT2D eigenvalue weighted by Gasteiger charge is -2.21. The predicted molar refractivity (Wildman–Crippen MR) is 109 cm³/mol. The fourth-order valence-electron chi connectivity index (χ4n) is 3.11. The van der Waals surface area contributed by atoms with Gasteiger partial charge in [0.15, 0.2) is 5.96 Å². The monoisotopic (exact) mass is 417 g/mol. The molecule has 138 valence electrons. The number of anilines is 1. The van der Waals surface area contributed by atoms with Crippen LogP contribution in [0, 0.1) is 0 Å². The Morgan fingerprint density at radius 1 is 1.35 bits per heavy atom. The molecule has 3 rings (SSSR count). The molecule has 26 heavy (non-hydrogen) atoms. The number of guanidine groups is 1. The van der Waals surface area contributed by atoms with E-state index in [1.54, 1.807) is 20.4 Å². The van der Waals surface area contributed by atoms with Crippen molar-refractivity contribution in [2.75, 3.05) is 32.1 Å². The number of aromatic nitrogens is 1. The molecule has 0 aliphatic carbocycles. The molecule has 0 spiro atoms. The molecule has 1 aromatic carbocycles. The van der Waals surface area contributed by atoms with Crippen LogP contribution < -0.4 is 20.3 Å². The third-order valence-corrected chi connectivity index (χ3v) is 5.11. The van der Waals surface area contributed by atoms with Crippen LogP contribution in [0.3, 0.4) is 0 Å². The van der Waals surface area contributed by atoms with E-state index in [2.05, 4.69) is 59.6 Å². The summed E-state index contributed by atoms with van der Waals surface area (Å²) in [4.78, 5) is 11.0. The number of nitrogens with zero attached hydrogens (tertiary/aromatic N) is 3. The average Bonchev–Trinajstić information content (AvgIpc) is 3.14. The Labute approximate surface area is 162 Å². The maximum absolute atomic E-state index is 5.30. The maximum Gasteiger partial charge on any atom is 0.218 e. The van der Waals surface area contributed by atoms with E-state index in [9.17, 15) is 0 Å². The molecule has 0 amide bonds. The van der Waals surface area contributed by atoms with Crippen LogP contribution in [-0.2, 0) is 6.54 Å². The summed E-state index contributed by atoms with van der Waals surface area (Å²) in [6, 6.07) is 12.6. The van der Waals surface area contributed by atoms with E-state index in [0.717, 1.165) is 35.5 Å². The van der Waals surface area contributed by atoms with Crippen molar-refractivity contribution in [1.29, 1.82) is 0 Å². The first-order valence-corrected chi connectivity index (χ1v) is 9.45. The van der Waals surface area contributed by atoms with Gasteiger partial charge < -0.3 is 20.3 Å². The molecule has 0 saturated carbocycles. The smallest absolute Gasteiger partial charge is 0.218 e. The summed E-state index contributed by atoms with van der Waals surface area (Å²) in [5.41, 5.74) is 2.24. The third-order valence-electron chi connectivity index (χ3n) is 4.44. The van der Waals surface area contributed by atoms with Crippen LogP contribution in [0.1, 0.15) is 12.0 Å². The summed E-state index contributed by atoms with van der Waals surface area (Å²) in [6.07, 6.45) is 2.79. The molecule has 1 atom stereocenters. The topological polar surface area (TPSA) is 61.8 Å². The van der Waals surface area contributed by atoms with Crippen molar-refractivity contribution in [3.05, 3.63) is 52.6 Å². The van der Waals surface area contributed by atoms with Gasteiger partial charge in [-0.3, -0.25) is 4.99 Å².